The Morgan fingerprint density at radius 1 is 0.349 bits per heavy atom. The van der Waals surface area contributed by atoms with Crippen LogP contribution in [-0.4, -0.2) is 4.57 Å². The molecule has 418 valence electrons. The zero-order chi connectivity index (χ0) is 57.7. The van der Waals surface area contributed by atoms with Crippen LogP contribution in [0.1, 0.15) is 135 Å². The molecule has 0 saturated carbocycles. The molecule has 0 atom stereocenters. The van der Waals surface area contributed by atoms with E-state index in [1.165, 1.54) is 162 Å². The second-order valence-corrected chi connectivity index (χ2v) is 25.3. The van der Waals surface area contributed by atoms with Crippen LogP contribution in [-0.2, 0) is 23.7 Å². The van der Waals surface area contributed by atoms with Gasteiger partial charge in [0.15, 0.2) is 0 Å². The highest BCUT2D eigenvalue weighted by Crippen LogP contribution is 2.45. The molecule has 2 heteroatoms. The van der Waals surface area contributed by atoms with Crippen molar-refractivity contribution < 1.29 is 0 Å². The summed E-state index contributed by atoms with van der Waals surface area (Å²) in [6.07, 6.45) is 11.8. The number of para-hydroxylation sites is 2. The second kappa shape index (κ2) is 24.7. The van der Waals surface area contributed by atoms with Gasteiger partial charge in [-0.2, -0.15) is 0 Å². The third-order valence-corrected chi connectivity index (χ3v) is 17.3. The molecule has 1 aromatic heterocycles. The van der Waals surface area contributed by atoms with Crippen molar-refractivity contribution in [3.05, 3.63) is 252 Å². The van der Waals surface area contributed by atoms with E-state index < -0.39 is 0 Å². The lowest BCUT2D eigenvalue weighted by Crippen LogP contribution is -2.11. The summed E-state index contributed by atoms with van der Waals surface area (Å²) in [7, 11) is 0. The fourth-order valence-electron chi connectivity index (χ4n) is 12.5. The molecule has 0 aliphatic heterocycles. The Morgan fingerprint density at radius 3 is 1.43 bits per heavy atom. The predicted molar refractivity (Wildman–Crippen MR) is 360 cm³/mol. The van der Waals surface area contributed by atoms with E-state index in [1.54, 1.807) is 0 Å². The van der Waals surface area contributed by atoms with Gasteiger partial charge in [0.05, 0.1) is 16.7 Å². The zero-order valence-electron chi connectivity index (χ0n) is 50.8. The number of aryl methyl sites for hydroxylation is 3. The lowest BCUT2D eigenvalue weighted by atomic mass is 9.85. The molecule has 1 heterocycles. The molecule has 2 nitrogen and oxygen atoms in total. The summed E-state index contributed by atoms with van der Waals surface area (Å²) < 4.78 is 2.46. The zero-order valence-corrected chi connectivity index (χ0v) is 50.8. The largest absolute Gasteiger partial charge is 0.310 e. The van der Waals surface area contributed by atoms with Crippen molar-refractivity contribution in [3.63, 3.8) is 0 Å². The van der Waals surface area contributed by atoms with Gasteiger partial charge < -0.3 is 9.47 Å². The van der Waals surface area contributed by atoms with Gasteiger partial charge in [0, 0.05) is 33.4 Å². The lowest BCUT2D eigenvalue weighted by Gasteiger charge is -2.29. The van der Waals surface area contributed by atoms with Crippen molar-refractivity contribution in [2.75, 3.05) is 4.90 Å². The van der Waals surface area contributed by atoms with E-state index in [2.05, 4.69) is 296 Å². The van der Waals surface area contributed by atoms with Gasteiger partial charge in [-0.1, -0.05) is 258 Å². The first-order chi connectivity index (χ1) is 40.3. The minimum absolute atomic E-state index is 0.107. The monoisotopic (exact) mass is 1080 g/mol. The molecule has 0 unspecified atom stereocenters. The molecule has 0 aliphatic carbocycles. The number of benzene rings is 10. The molecular formula is C81H84N2. The van der Waals surface area contributed by atoms with Crippen LogP contribution >= 0.6 is 0 Å². The van der Waals surface area contributed by atoms with Crippen molar-refractivity contribution in [2.24, 2.45) is 0 Å². The van der Waals surface area contributed by atoms with Crippen molar-refractivity contribution in [3.8, 4) is 61.3 Å². The Morgan fingerprint density at radius 2 is 0.843 bits per heavy atom. The van der Waals surface area contributed by atoms with Crippen LogP contribution in [0, 0.1) is 6.92 Å². The Bertz CT molecular complexity index is 3970. The summed E-state index contributed by atoms with van der Waals surface area (Å²) in [5.41, 5.74) is 26.8. The van der Waals surface area contributed by atoms with E-state index in [1.807, 2.05) is 0 Å². The van der Waals surface area contributed by atoms with Crippen molar-refractivity contribution >= 4 is 38.9 Å². The highest BCUT2D eigenvalue weighted by atomic mass is 15.1. The fourth-order valence-corrected chi connectivity index (χ4v) is 12.5. The topological polar surface area (TPSA) is 8.17 Å². The third-order valence-electron chi connectivity index (χ3n) is 17.3. The molecule has 83 heavy (non-hydrogen) atoms. The van der Waals surface area contributed by atoms with Crippen LogP contribution in [0.2, 0.25) is 0 Å². The van der Waals surface area contributed by atoms with Crippen molar-refractivity contribution in [1.29, 1.82) is 0 Å². The summed E-state index contributed by atoms with van der Waals surface area (Å²) >= 11 is 0. The Hall–Kier alpha value is -8.20. The maximum absolute atomic E-state index is 2.61. The first-order valence-electron chi connectivity index (χ1n) is 30.9. The van der Waals surface area contributed by atoms with Gasteiger partial charge in [-0.05, 0) is 182 Å². The van der Waals surface area contributed by atoms with Gasteiger partial charge >= 0.3 is 0 Å². The SMILES string of the molecule is CCCCCCc1cc(-c2ccc(N(c3ccc(-c4ccc(C(C)(C)C)cc4)cc3)c3ccccc3-c3ccccc3)cc2C)c(CCCCCC)cc1-c1ccc2c(c1)c1ccccc1n2-c1ccc(-c2ccc(C(C)(C)C)cc2)cc1. The molecule has 0 amide bonds. The molecule has 0 bridgehead atoms. The lowest BCUT2D eigenvalue weighted by molar-refractivity contribution is 0.590. The molecular weight excluding hydrogens is 1000 g/mol. The number of nitrogens with zero attached hydrogens (tertiary/aromatic N) is 2. The number of anilines is 3. The summed E-state index contributed by atoms with van der Waals surface area (Å²) in [6, 6.07) is 85.0. The normalized spacial score (nSPS) is 11.9. The van der Waals surface area contributed by atoms with Crippen LogP contribution in [0.4, 0.5) is 17.1 Å². The van der Waals surface area contributed by atoms with Crippen LogP contribution in [0.25, 0.3) is 83.1 Å². The van der Waals surface area contributed by atoms with Crippen LogP contribution in [0.5, 0.6) is 0 Å². The molecule has 10 aromatic carbocycles. The Labute approximate surface area is 496 Å². The number of hydrogen-bond acceptors (Lipinski definition) is 1. The Kier molecular flexibility index (Phi) is 16.9. The summed E-state index contributed by atoms with van der Waals surface area (Å²) in [4.78, 5) is 2.47. The number of unbranched alkanes of at least 4 members (excludes halogenated alkanes) is 6. The number of hydrogen-bond donors (Lipinski definition) is 0. The van der Waals surface area contributed by atoms with Crippen LogP contribution in [0.3, 0.4) is 0 Å². The van der Waals surface area contributed by atoms with Gasteiger partial charge in [-0.3, -0.25) is 0 Å². The highest BCUT2D eigenvalue weighted by Gasteiger charge is 2.22. The Balaban J connectivity index is 1.00. The molecule has 0 fully saturated rings. The number of fused-ring (bicyclic) bond motifs is 3. The maximum atomic E-state index is 2.61. The van der Waals surface area contributed by atoms with E-state index >= 15 is 0 Å². The molecule has 0 saturated heterocycles. The smallest absolute Gasteiger partial charge is 0.0541 e. The van der Waals surface area contributed by atoms with E-state index in [4.69, 9.17) is 0 Å². The molecule has 0 N–H and O–H groups in total. The van der Waals surface area contributed by atoms with Crippen LogP contribution < -0.4 is 4.90 Å². The first kappa shape index (κ1) is 56.7. The van der Waals surface area contributed by atoms with Gasteiger partial charge in [0.2, 0.25) is 0 Å². The third kappa shape index (κ3) is 12.3. The maximum Gasteiger partial charge on any atom is 0.0541 e. The molecule has 0 aliphatic rings. The molecule has 11 aromatic rings. The van der Waals surface area contributed by atoms with Crippen molar-refractivity contribution in [1.82, 2.24) is 4.57 Å². The predicted octanol–water partition coefficient (Wildman–Crippen LogP) is 23.7. The van der Waals surface area contributed by atoms with E-state index in [-0.39, 0.29) is 10.8 Å². The summed E-state index contributed by atoms with van der Waals surface area (Å²) in [6.45, 7) is 20.6. The molecule has 0 spiro atoms. The first-order valence-corrected chi connectivity index (χ1v) is 30.9. The highest BCUT2D eigenvalue weighted by molar-refractivity contribution is 6.10. The second-order valence-electron chi connectivity index (χ2n) is 25.3. The molecule has 0 radical (unpaired) electrons. The van der Waals surface area contributed by atoms with Gasteiger partial charge in [0.1, 0.15) is 0 Å². The van der Waals surface area contributed by atoms with Crippen LogP contribution in [0.15, 0.2) is 224 Å². The standard InChI is InChI=1S/C81H84N2/c1-10-12-14-17-27-63-55-75(71-51-50-70(53-57(71)3)82(77-31-23-21-29-72(77)62-25-19-16-20-26-62)68-46-37-60(38-47-68)58-33-42-66(43-34-58)80(4,5)6)64(28-18-15-13-11-2)54-74(63)65-41-52-79-76(56-65)73-30-22-24-32-78(73)83(79)69-48-39-61(40-49-69)59-35-44-67(45-36-59)81(7,8)9/h16,19-26,29-56H,10-15,17-18,27-28H2,1-9H3. The van der Waals surface area contributed by atoms with Crippen molar-refractivity contribution in [2.45, 2.75) is 137 Å². The average molecular weight is 1090 g/mol. The van der Waals surface area contributed by atoms with E-state index in [0.717, 1.165) is 29.9 Å². The fraction of sp³-hybridized carbons (Fsp3) is 0.259. The average Bonchev–Trinajstić information content (AvgIpc) is 3.40. The minimum atomic E-state index is 0.107. The quantitative estimate of drug-likeness (QED) is 0.0733. The summed E-state index contributed by atoms with van der Waals surface area (Å²) in [5, 5.41) is 2.57. The number of rotatable bonds is 19. The molecule has 11 rings (SSSR count). The summed E-state index contributed by atoms with van der Waals surface area (Å²) in [5.74, 6) is 0. The van der Waals surface area contributed by atoms with E-state index in [9.17, 15) is 0 Å². The van der Waals surface area contributed by atoms with E-state index in [0.29, 0.717) is 0 Å². The van der Waals surface area contributed by atoms with Gasteiger partial charge in [-0.25, -0.2) is 0 Å². The van der Waals surface area contributed by atoms with Gasteiger partial charge in [-0.15, -0.1) is 0 Å². The van der Waals surface area contributed by atoms with Gasteiger partial charge in [0.25, 0.3) is 0 Å². The minimum Gasteiger partial charge on any atom is -0.310 e. The number of aromatic nitrogens is 1.